The van der Waals surface area contributed by atoms with Crippen LogP contribution in [0.2, 0.25) is 5.02 Å². The Kier molecular flexibility index (Phi) is 6.57. The van der Waals surface area contributed by atoms with Crippen LogP contribution in [0.3, 0.4) is 0 Å². The van der Waals surface area contributed by atoms with E-state index in [1.54, 1.807) is 12.1 Å². The van der Waals surface area contributed by atoms with Crippen LogP contribution in [0.4, 0.5) is 15.8 Å². The van der Waals surface area contributed by atoms with Crippen molar-refractivity contribution in [3.8, 4) is 0 Å². The maximum absolute atomic E-state index is 13.0. The molecule has 160 valence electrons. The Labute approximate surface area is 182 Å². The molecule has 0 radical (unpaired) electrons. The summed E-state index contributed by atoms with van der Waals surface area (Å²) >= 11 is 6.11. The smallest absolute Gasteiger partial charge is 0.339 e. The number of hydrogen-bond acceptors (Lipinski definition) is 5. The van der Waals surface area contributed by atoms with Crippen LogP contribution < -0.4 is 10.0 Å². The first-order valence-electron chi connectivity index (χ1n) is 8.78. The van der Waals surface area contributed by atoms with Gasteiger partial charge in [-0.25, -0.2) is 17.6 Å². The first-order chi connectivity index (χ1) is 14.7. The lowest BCUT2D eigenvalue weighted by Gasteiger charge is -2.12. The predicted molar refractivity (Wildman–Crippen MR) is 114 cm³/mol. The van der Waals surface area contributed by atoms with Gasteiger partial charge >= 0.3 is 5.97 Å². The molecule has 0 aliphatic heterocycles. The van der Waals surface area contributed by atoms with Crippen LogP contribution in [0.25, 0.3) is 0 Å². The number of ether oxygens (including phenoxy) is 1. The van der Waals surface area contributed by atoms with E-state index in [1.165, 1.54) is 43.5 Å². The lowest BCUT2D eigenvalue weighted by Crippen LogP contribution is -2.18. The number of rotatable bonds is 6. The fraction of sp³-hybridized carbons (Fsp3) is 0.0476. The van der Waals surface area contributed by atoms with Crippen molar-refractivity contribution >= 4 is 44.9 Å². The third-order valence-electron chi connectivity index (χ3n) is 4.17. The standard InChI is InChI=1S/C21H16ClFN2O5S/c1-30-21(27)16-4-2-3-5-19(16)24-20(26)17-12-15(10-11-18(17)22)31(28,29)25-14-8-6-13(23)7-9-14/h2-12,25H,1H3,(H,24,26). The molecule has 2 N–H and O–H groups in total. The summed E-state index contributed by atoms with van der Waals surface area (Å²) in [5.41, 5.74) is 0.321. The van der Waals surface area contributed by atoms with E-state index >= 15 is 0 Å². The maximum atomic E-state index is 13.0. The van der Waals surface area contributed by atoms with Crippen LogP contribution in [0.1, 0.15) is 20.7 Å². The Morgan fingerprint density at radius 1 is 0.968 bits per heavy atom. The number of carbonyl (C=O) groups is 2. The van der Waals surface area contributed by atoms with E-state index < -0.39 is 27.7 Å². The minimum Gasteiger partial charge on any atom is -0.465 e. The van der Waals surface area contributed by atoms with Gasteiger partial charge in [-0.15, -0.1) is 0 Å². The summed E-state index contributed by atoms with van der Waals surface area (Å²) in [5.74, 6) is -1.89. The summed E-state index contributed by atoms with van der Waals surface area (Å²) in [4.78, 5) is 24.4. The molecule has 0 spiro atoms. The van der Waals surface area contributed by atoms with Crippen molar-refractivity contribution in [3.63, 3.8) is 0 Å². The number of sulfonamides is 1. The molecule has 7 nitrogen and oxygen atoms in total. The molecule has 0 heterocycles. The lowest BCUT2D eigenvalue weighted by atomic mass is 10.1. The molecular weight excluding hydrogens is 447 g/mol. The molecule has 10 heteroatoms. The van der Waals surface area contributed by atoms with Gasteiger partial charge in [0, 0.05) is 5.69 Å². The highest BCUT2D eigenvalue weighted by molar-refractivity contribution is 7.92. The molecule has 0 aliphatic rings. The molecule has 0 unspecified atom stereocenters. The number of benzene rings is 3. The molecule has 3 aromatic carbocycles. The van der Waals surface area contributed by atoms with E-state index in [1.807, 2.05) is 0 Å². The molecule has 0 aromatic heterocycles. The second-order valence-corrected chi connectivity index (χ2v) is 8.33. The quantitative estimate of drug-likeness (QED) is 0.531. The SMILES string of the molecule is COC(=O)c1ccccc1NC(=O)c1cc(S(=O)(=O)Nc2ccc(F)cc2)ccc1Cl. The summed E-state index contributed by atoms with van der Waals surface area (Å²) in [6.45, 7) is 0. The van der Waals surface area contributed by atoms with Crippen LogP contribution in [-0.2, 0) is 14.8 Å². The highest BCUT2D eigenvalue weighted by atomic mass is 35.5. The van der Waals surface area contributed by atoms with Gasteiger partial charge in [-0.3, -0.25) is 9.52 Å². The molecule has 3 aromatic rings. The second kappa shape index (κ2) is 9.15. The Balaban J connectivity index is 1.90. The maximum Gasteiger partial charge on any atom is 0.339 e. The van der Waals surface area contributed by atoms with Gasteiger partial charge in [-0.05, 0) is 54.6 Å². The minimum atomic E-state index is -4.08. The molecule has 0 aliphatic carbocycles. The second-order valence-electron chi connectivity index (χ2n) is 6.25. The molecule has 0 bridgehead atoms. The van der Waals surface area contributed by atoms with Crippen molar-refractivity contribution in [1.29, 1.82) is 0 Å². The number of amides is 1. The van der Waals surface area contributed by atoms with Gasteiger partial charge < -0.3 is 10.1 Å². The fourth-order valence-corrected chi connectivity index (χ4v) is 3.94. The van der Waals surface area contributed by atoms with E-state index in [0.717, 1.165) is 18.2 Å². The molecule has 3 rings (SSSR count). The Hall–Kier alpha value is -3.43. The molecule has 0 fully saturated rings. The lowest BCUT2D eigenvalue weighted by molar-refractivity contribution is 0.0602. The minimum absolute atomic E-state index is 0.00813. The van der Waals surface area contributed by atoms with E-state index in [-0.39, 0.29) is 32.4 Å². The highest BCUT2D eigenvalue weighted by Crippen LogP contribution is 2.25. The van der Waals surface area contributed by atoms with Crippen molar-refractivity contribution in [3.05, 3.63) is 88.7 Å². The van der Waals surface area contributed by atoms with Gasteiger partial charge in [0.05, 0.1) is 33.8 Å². The normalized spacial score (nSPS) is 10.9. The van der Waals surface area contributed by atoms with Crippen molar-refractivity contribution < 1.29 is 27.1 Å². The predicted octanol–water partition coefficient (Wildman–Crippen LogP) is 4.32. The zero-order chi connectivity index (χ0) is 22.6. The number of halogens is 2. The first kappa shape index (κ1) is 22.3. The number of hydrogen-bond donors (Lipinski definition) is 2. The topological polar surface area (TPSA) is 102 Å². The largest absolute Gasteiger partial charge is 0.465 e. The summed E-state index contributed by atoms with van der Waals surface area (Å²) in [6.07, 6.45) is 0. The molecule has 0 saturated heterocycles. The fourth-order valence-electron chi connectivity index (χ4n) is 2.65. The average molecular weight is 463 g/mol. The number of para-hydroxylation sites is 1. The zero-order valence-corrected chi connectivity index (χ0v) is 17.6. The van der Waals surface area contributed by atoms with Crippen LogP contribution in [0.5, 0.6) is 0 Å². The average Bonchev–Trinajstić information content (AvgIpc) is 2.75. The van der Waals surface area contributed by atoms with Gasteiger partial charge in [0.1, 0.15) is 5.82 Å². The number of methoxy groups -OCH3 is 1. The van der Waals surface area contributed by atoms with Crippen LogP contribution in [-0.4, -0.2) is 27.4 Å². The van der Waals surface area contributed by atoms with Crippen molar-refractivity contribution in [1.82, 2.24) is 0 Å². The zero-order valence-electron chi connectivity index (χ0n) is 16.1. The van der Waals surface area contributed by atoms with E-state index in [4.69, 9.17) is 11.6 Å². The molecular formula is C21H16ClFN2O5S. The van der Waals surface area contributed by atoms with Gasteiger partial charge in [0.25, 0.3) is 15.9 Å². The Morgan fingerprint density at radius 3 is 2.32 bits per heavy atom. The van der Waals surface area contributed by atoms with Gasteiger partial charge in [-0.2, -0.15) is 0 Å². The van der Waals surface area contributed by atoms with Gasteiger partial charge in [-0.1, -0.05) is 23.7 Å². The van der Waals surface area contributed by atoms with Crippen molar-refractivity contribution in [2.45, 2.75) is 4.90 Å². The number of carbonyl (C=O) groups excluding carboxylic acids is 2. The van der Waals surface area contributed by atoms with Crippen LogP contribution in [0, 0.1) is 5.82 Å². The summed E-state index contributed by atoms with van der Waals surface area (Å²) < 4.78 is 45.4. The van der Waals surface area contributed by atoms with Gasteiger partial charge in [0.2, 0.25) is 0 Å². The van der Waals surface area contributed by atoms with Gasteiger partial charge in [0.15, 0.2) is 0 Å². The summed E-state index contributed by atoms with van der Waals surface area (Å²) in [5, 5.41) is 2.54. The number of nitrogens with one attached hydrogen (secondary N) is 2. The number of anilines is 2. The highest BCUT2D eigenvalue weighted by Gasteiger charge is 2.21. The third kappa shape index (κ3) is 5.19. The van der Waals surface area contributed by atoms with Crippen molar-refractivity contribution in [2.24, 2.45) is 0 Å². The molecule has 0 saturated carbocycles. The Morgan fingerprint density at radius 2 is 1.65 bits per heavy atom. The van der Waals surface area contributed by atoms with E-state index in [9.17, 15) is 22.4 Å². The van der Waals surface area contributed by atoms with Crippen LogP contribution in [0.15, 0.2) is 71.6 Å². The molecule has 0 atom stereocenters. The first-order valence-corrected chi connectivity index (χ1v) is 10.6. The van der Waals surface area contributed by atoms with E-state index in [2.05, 4.69) is 14.8 Å². The molecule has 31 heavy (non-hydrogen) atoms. The summed E-state index contributed by atoms with van der Waals surface area (Å²) in [6, 6.07) is 14.5. The summed E-state index contributed by atoms with van der Waals surface area (Å²) in [7, 11) is -2.87. The van der Waals surface area contributed by atoms with E-state index in [0.29, 0.717) is 0 Å². The van der Waals surface area contributed by atoms with Crippen molar-refractivity contribution in [2.75, 3.05) is 17.1 Å². The number of esters is 1. The Bertz CT molecular complexity index is 1250. The third-order valence-corrected chi connectivity index (χ3v) is 5.88. The molecule has 1 amide bonds. The monoisotopic (exact) mass is 462 g/mol. The van der Waals surface area contributed by atoms with Crippen LogP contribution >= 0.6 is 11.6 Å².